The van der Waals surface area contributed by atoms with Crippen LogP contribution in [0.25, 0.3) is 21.5 Å². The highest BCUT2D eigenvalue weighted by atomic mass is 32.1. The van der Waals surface area contributed by atoms with E-state index in [1.807, 2.05) is 36.4 Å². The topological polar surface area (TPSA) is 120 Å². The molecule has 0 aliphatic carbocycles. The predicted molar refractivity (Wildman–Crippen MR) is 117 cm³/mol. The number of carbonyl (C=O) groups is 1. The molecular formula is C21H16N4O4S. The number of pyridine rings is 1. The van der Waals surface area contributed by atoms with Crippen molar-refractivity contribution in [1.29, 1.82) is 0 Å². The van der Waals surface area contributed by atoms with Crippen molar-refractivity contribution in [3.8, 4) is 17.0 Å². The summed E-state index contributed by atoms with van der Waals surface area (Å²) in [6.45, 7) is 0. The number of nitrogens with zero attached hydrogens (tertiary/aromatic N) is 2. The summed E-state index contributed by atoms with van der Waals surface area (Å²) >= 11 is 1.17. The summed E-state index contributed by atoms with van der Waals surface area (Å²) in [5.74, 6) is 0.308. The zero-order valence-corrected chi connectivity index (χ0v) is 16.6. The van der Waals surface area contributed by atoms with E-state index in [4.69, 9.17) is 10.5 Å². The molecule has 2 heterocycles. The number of thiophene rings is 1. The maximum absolute atomic E-state index is 12.7. The van der Waals surface area contributed by atoms with Gasteiger partial charge in [-0.15, -0.1) is 11.3 Å². The fourth-order valence-electron chi connectivity index (χ4n) is 2.97. The van der Waals surface area contributed by atoms with E-state index in [2.05, 4.69) is 10.3 Å². The minimum atomic E-state index is -0.520. The Morgan fingerprint density at radius 1 is 1.17 bits per heavy atom. The van der Waals surface area contributed by atoms with Crippen molar-refractivity contribution in [2.75, 3.05) is 18.2 Å². The number of fused-ring (bicyclic) bond motifs is 1. The van der Waals surface area contributed by atoms with E-state index in [9.17, 15) is 14.9 Å². The Morgan fingerprint density at radius 3 is 2.63 bits per heavy atom. The maximum Gasteiger partial charge on any atom is 0.271 e. The molecule has 4 rings (SSSR count). The lowest BCUT2D eigenvalue weighted by Crippen LogP contribution is -2.12. The Bertz CT molecular complexity index is 1270. The molecule has 150 valence electrons. The van der Waals surface area contributed by atoms with Crippen LogP contribution in [-0.2, 0) is 0 Å². The standard InChI is InChI=1S/C21H16N4O4S/c1-29-15-7-5-12(6-8-15)17-10-9-16-18(22)19(30-21(16)24-17)20(26)23-13-3-2-4-14(11-13)25(27)28/h2-11H,22H2,1H3,(H,23,26). The third-order valence-corrected chi connectivity index (χ3v) is 5.61. The molecule has 4 aromatic rings. The molecule has 2 aromatic heterocycles. The second kappa shape index (κ2) is 7.80. The number of anilines is 2. The number of nitrogens with two attached hydrogens (primary N) is 1. The lowest BCUT2D eigenvalue weighted by atomic mass is 10.1. The average molecular weight is 420 g/mol. The molecule has 0 saturated heterocycles. The first-order valence-corrected chi connectivity index (χ1v) is 9.67. The number of carbonyl (C=O) groups excluding carboxylic acids is 1. The summed E-state index contributed by atoms with van der Waals surface area (Å²) in [4.78, 5) is 28.7. The lowest BCUT2D eigenvalue weighted by molar-refractivity contribution is -0.384. The second-order valence-electron chi connectivity index (χ2n) is 6.38. The van der Waals surface area contributed by atoms with Crippen LogP contribution in [0.15, 0.2) is 60.7 Å². The van der Waals surface area contributed by atoms with Crippen molar-refractivity contribution in [3.63, 3.8) is 0 Å². The molecule has 0 saturated carbocycles. The smallest absolute Gasteiger partial charge is 0.271 e. The number of methoxy groups -OCH3 is 1. The normalized spacial score (nSPS) is 10.7. The van der Waals surface area contributed by atoms with Gasteiger partial charge in [-0.05, 0) is 42.5 Å². The zero-order valence-electron chi connectivity index (χ0n) is 15.8. The van der Waals surface area contributed by atoms with Crippen LogP contribution in [0.3, 0.4) is 0 Å². The second-order valence-corrected chi connectivity index (χ2v) is 7.38. The average Bonchev–Trinajstić information content (AvgIpc) is 3.10. The van der Waals surface area contributed by atoms with Crippen molar-refractivity contribution in [1.82, 2.24) is 4.98 Å². The van der Waals surface area contributed by atoms with Crippen LogP contribution < -0.4 is 15.8 Å². The molecule has 0 aliphatic rings. The molecule has 0 atom stereocenters. The number of hydrogen-bond acceptors (Lipinski definition) is 7. The number of non-ortho nitro benzene ring substituents is 1. The lowest BCUT2D eigenvalue weighted by Gasteiger charge is -2.04. The number of rotatable bonds is 5. The number of nitrogen functional groups attached to an aromatic ring is 1. The summed E-state index contributed by atoms with van der Waals surface area (Å²) in [5, 5.41) is 14.3. The van der Waals surface area contributed by atoms with E-state index < -0.39 is 10.8 Å². The third kappa shape index (κ3) is 3.65. The van der Waals surface area contributed by atoms with Crippen molar-refractivity contribution in [3.05, 3.63) is 75.7 Å². The van der Waals surface area contributed by atoms with Gasteiger partial charge in [-0.25, -0.2) is 4.98 Å². The Labute approximate surface area is 175 Å². The highest BCUT2D eigenvalue weighted by molar-refractivity contribution is 7.21. The summed E-state index contributed by atoms with van der Waals surface area (Å²) in [5.41, 5.74) is 8.37. The largest absolute Gasteiger partial charge is 0.497 e. The fourth-order valence-corrected chi connectivity index (χ4v) is 3.96. The summed E-state index contributed by atoms with van der Waals surface area (Å²) in [7, 11) is 1.61. The number of nitrogens with one attached hydrogen (secondary N) is 1. The van der Waals surface area contributed by atoms with Gasteiger partial charge in [0.2, 0.25) is 0 Å². The van der Waals surface area contributed by atoms with Crippen molar-refractivity contribution < 1.29 is 14.5 Å². The molecule has 0 spiro atoms. The first-order chi connectivity index (χ1) is 14.5. The van der Waals surface area contributed by atoms with Crippen molar-refractivity contribution in [2.24, 2.45) is 0 Å². The Balaban J connectivity index is 1.64. The van der Waals surface area contributed by atoms with Gasteiger partial charge in [0.05, 0.1) is 23.4 Å². The highest BCUT2D eigenvalue weighted by Gasteiger charge is 2.19. The van der Waals surface area contributed by atoms with Crippen LogP contribution in [0, 0.1) is 10.1 Å². The van der Waals surface area contributed by atoms with Gasteiger partial charge in [-0.3, -0.25) is 14.9 Å². The van der Waals surface area contributed by atoms with Gasteiger partial charge < -0.3 is 15.8 Å². The Hall–Kier alpha value is -3.98. The van der Waals surface area contributed by atoms with Gasteiger partial charge in [0.1, 0.15) is 15.5 Å². The SMILES string of the molecule is COc1ccc(-c2ccc3c(N)c(C(=O)Nc4cccc([N+](=O)[O-])c4)sc3n2)cc1. The fraction of sp³-hybridized carbons (Fsp3) is 0.0476. The highest BCUT2D eigenvalue weighted by Crippen LogP contribution is 2.35. The maximum atomic E-state index is 12.7. The number of hydrogen-bond donors (Lipinski definition) is 2. The summed E-state index contributed by atoms with van der Waals surface area (Å²) in [6.07, 6.45) is 0. The Morgan fingerprint density at radius 2 is 1.93 bits per heavy atom. The van der Waals surface area contributed by atoms with Gasteiger partial charge in [-0.1, -0.05) is 6.07 Å². The van der Waals surface area contributed by atoms with E-state index in [0.717, 1.165) is 17.0 Å². The minimum absolute atomic E-state index is 0.108. The molecule has 3 N–H and O–H groups in total. The van der Waals surface area contributed by atoms with Crippen molar-refractivity contribution in [2.45, 2.75) is 0 Å². The van der Waals surface area contributed by atoms with Gasteiger partial charge in [-0.2, -0.15) is 0 Å². The molecule has 9 heteroatoms. The van der Waals surface area contributed by atoms with E-state index >= 15 is 0 Å². The van der Waals surface area contributed by atoms with Crippen LogP contribution in [0.1, 0.15) is 9.67 Å². The molecule has 0 bridgehead atoms. The van der Waals surface area contributed by atoms with Gasteiger partial charge in [0.25, 0.3) is 11.6 Å². The molecule has 0 aliphatic heterocycles. The quantitative estimate of drug-likeness (QED) is 0.356. The molecule has 0 radical (unpaired) electrons. The van der Waals surface area contributed by atoms with Crippen LogP contribution in [-0.4, -0.2) is 22.9 Å². The molecule has 30 heavy (non-hydrogen) atoms. The molecule has 2 aromatic carbocycles. The van der Waals surface area contributed by atoms with Crippen molar-refractivity contribution >= 4 is 44.5 Å². The number of amides is 1. The van der Waals surface area contributed by atoms with Crippen LogP contribution in [0.5, 0.6) is 5.75 Å². The summed E-state index contributed by atoms with van der Waals surface area (Å²) in [6, 6.07) is 16.9. The van der Waals surface area contributed by atoms with E-state index in [1.54, 1.807) is 13.2 Å². The number of nitro groups is 1. The van der Waals surface area contributed by atoms with Crippen LogP contribution in [0.2, 0.25) is 0 Å². The van der Waals surface area contributed by atoms with Gasteiger partial charge in [0, 0.05) is 28.8 Å². The van der Waals surface area contributed by atoms with Gasteiger partial charge >= 0.3 is 0 Å². The zero-order chi connectivity index (χ0) is 21.3. The van der Waals surface area contributed by atoms with Crippen LogP contribution in [0.4, 0.5) is 17.1 Å². The Kier molecular flexibility index (Phi) is 5.03. The van der Waals surface area contributed by atoms with E-state index in [1.165, 1.54) is 29.5 Å². The number of ether oxygens (including phenoxy) is 1. The van der Waals surface area contributed by atoms with E-state index in [-0.39, 0.29) is 5.69 Å². The van der Waals surface area contributed by atoms with E-state index in [0.29, 0.717) is 26.5 Å². The number of aromatic nitrogens is 1. The summed E-state index contributed by atoms with van der Waals surface area (Å²) < 4.78 is 5.17. The first-order valence-electron chi connectivity index (χ1n) is 8.85. The molecule has 0 fully saturated rings. The monoisotopic (exact) mass is 420 g/mol. The number of nitro benzene ring substituents is 1. The molecule has 1 amide bonds. The predicted octanol–water partition coefficient (Wildman–Crippen LogP) is 4.71. The third-order valence-electron chi connectivity index (χ3n) is 4.50. The van der Waals surface area contributed by atoms with Gasteiger partial charge in [0.15, 0.2) is 0 Å². The minimum Gasteiger partial charge on any atom is -0.497 e. The molecular weight excluding hydrogens is 404 g/mol. The molecule has 8 nitrogen and oxygen atoms in total. The number of benzene rings is 2. The molecule has 0 unspecified atom stereocenters. The first kappa shape index (κ1) is 19.3. The van der Waals surface area contributed by atoms with Crippen LogP contribution >= 0.6 is 11.3 Å².